The van der Waals surface area contributed by atoms with Gasteiger partial charge in [0.1, 0.15) is 11.6 Å². The average molecular weight is 437 g/mol. The van der Waals surface area contributed by atoms with E-state index in [9.17, 15) is 14.0 Å². The van der Waals surface area contributed by atoms with Crippen LogP contribution in [-0.2, 0) is 21.1 Å². The third-order valence-corrected chi connectivity index (χ3v) is 6.68. The first kappa shape index (κ1) is 19.8. The molecular weight excluding hydrogens is 415 g/mol. The van der Waals surface area contributed by atoms with Gasteiger partial charge in [-0.1, -0.05) is 17.7 Å². The zero-order valence-corrected chi connectivity index (χ0v) is 17.8. The van der Waals surface area contributed by atoms with Crippen LogP contribution < -0.4 is 10.2 Å². The molecule has 0 saturated carbocycles. The molecule has 8 heteroatoms. The second-order valence-corrected chi connectivity index (χ2v) is 8.87. The van der Waals surface area contributed by atoms with Crippen molar-refractivity contribution in [3.8, 4) is 5.69 Å². The van der Waals surface area contributed by atoms with Crippen LogP contribution in [0.1, 0.15) is 23.2 Å². The number of aromatic nitrogens is 2. The summed E-state index contributed by atoms with van der Waals surface area (Å²) in [5.41, 5.74) is 4.66. The maximum Gasteiger partial charge on any atom is 0.230 e. The quantitative estimate of drug-likeness (QED) is 0.670. The molecule has 6 nitrogen and oxygen atoms in total. The molecule has 3 aromatic rings. The third kappa shape index (κ3) is 3.72. The maximum atomic E-state index is 13.2. The van der Waals surface area contributed by atoms with Crippen molar-refractivity contribution < 1.29 is 14.0 Å². The molecule has 2 amide bonds. The fraction of sp³-hybridized carbons (Fsp3) is 0.261. The van der Waals surface area contributed by atoms with Crippen molar-refractivity contribution >= 4 is 35.1 Å². The molecule has 2 aliphatic heterocycles. The summed E-state index contributed by atoms with van der Waals surface area (Å²) in [7, 11) is 0. The second-order valence-electron chi connectivity index (χ2n) is 7.89. The number of halogens is 1. The van der Waals surface area contributed by atoms with E-state index in [0.717, 1.165) is 34.0 Å². The van der Waals surface area contributed by atoms with E-state index in [2.05, 4.69) is 5.32 Å². The van der Waals surface area contributed by atoms with Crippen LogP contribution in [0.2, 0.25) is 0 Å². The van der Waals surface area contributed by atoms with Crippen LogP contribution in [-0.4, -0.2) is 28.1 Å². The van der Waals surface area contributed by atoms with Crippen LogP contribution in [0.25, 0.3) is 5.69 Å². The Hall–Kier alpha value is -3.13. The van der Waals surface area contributed by atoms with Crippen molar-refractivity contribution in [1.29, 1.82) is 0 Å². The molecule has 0 radical (unpaired) electrons. The Labute approximate surface area is 183 Å². The van der Waals surface area contributed by atoms with E-state index in [1.807, 2.05) is 31.2 Å². The minimum Gasteiger partial charge on any atom is -0.312 e. The van der Waals surface area contributed by atoms with Crippen molar-refractivity contribution in [3.05, 3.63) is 71.2 Å². The predicted molar refractivity (Wildman–Crippen MR) is 119 cm³/mol. The predicted octanol–water partition coefficient (Wildman–Crippen LogP) is 4.06. The number of amides is 2. The molecule has 0 aliphatic carbocycles. The van der Waals surface area contributed by atoms with E-state index in [1.54, 1.807) is 33.5 Å². The third-order valence-electron chi connectivity index (χ3n) is 5.71. The van der Waals surface area contributed by atoms with E-state index >= 15 is 0 Å². The number of anilines is 2. The lowest BCUT2D eigenvalue weighted by molar-refractivity contribution is -0.122. The summed E-state index contributed by atoms with van der Waals surface area (Å²) in [6.07, 6.45) is 0.124. The summed E-state index contributed by atoms with van der Waals surface area (Å²) in [5, 5.41) is 7.78. The molecule has 1 N–H and O–H groups in total. The van der Waals surface area contributed by atoms with Gasteiger partial charge in [-0.3, -0.25) is 9.59 Å². The van der Waals surface area contributed by atoms with E-state index in [-0.39, 0.29) is 30.6 Å². The average Bonchev–Trinajstić information content (AvgIpc) is 3.45. The number of nitrogens with one attached hydrogen (secondary N) is 1. The van der Waals surface area contributed by atoms with Crippen LogP contribution in [0, 0.1) is 18.7 Å². The number of carbonyl (C=O) groups is 2. The van der Waals surface area contributed by atoms with Crippen molar-refractivity contribution in [2.24, 2.45) is 5.92 Å². The van der Waals surface area contributed by atoms with Gasteiger partial charge in [-0.25, -0.2) is 9.07 Å². The first-order valence-electron chi connectivity index (χ1n) is 10.1. The number of nitrogens with zero attached hydrogens (tertiary/aromatic N) is 3. The standard InChI is InChI=1S/C23H21FN4O2S/c1-14-2-6-18(7-3-14)28-22(19-12-31-13-20(19)26-28)25-23(30)15-10-21(29)27(11-15)17-8-4-16(24)5-9-17/h2-9,15H,10-13H2,1H3,(H,25,30). The molecule has 0 bridgehead atoms. The van der Waals surface area contributed by atoms with Gasteiger partial charge in [0.05, 0.1) is 17.3 Å². The summed E-state index contributed by atoms with van der Waals surface area (Å²) < 4.78 is 15.0. The molecule has 3 heterocycles. The molecule has 1 fully saturated rings. The number of carbonyl (C=O) groups excluding carboxylic acids is 2. The molecule has 158 valence electrons. The number of aryl methyl sites for hydroxylation is 1. The molecule has 1 saturated heterocycles. The van der Waals surface area contributed by atoms with Crippen LogP contribution in [0.15, 0.2) is 48.5 Å². The summed E-state index contributed by atoms with van der Waals surface area (Å²) in [5.74, 6) is 1.11. The minimum absolute atomic E-state index is 0.124. The summed E-state index contributed by atoms with van der Waals surface area (Å²) in [4.78, 5) is 27.2. The van der Waals surface area contributed by atoms with Gasteiger partial charge in [-0.2, -0.15) is 16.9 Å². The van der Waals surface area contributed by atoms with Gasteiger partial charge in [-0.05, 0) is 43.3 Å². The highest BCUT2D eigenvalue weighted by Crippen LogP contribution is 2.36. The van der Waals surface area contributed by atoms with Crippen molar-refractivity contribution in [1.82, 2.24) is 9.78 Å². The summed E-state index contributed by atoms with van der Waals surface area (Å²) in [6, 6.07) is 13.7. The summed E-state index contributed by atoms with van der Waals surface area (Å²) >= 11 is 1.77. The highest BCUT2D eigenvalue weighted by Gasteiger charge is 2.36. The molecule has 0 spiro atoms. The maximum absolute atomic E-state index is 13.2. The summed E-state index contributed by atoms with van der Waals surface area (Å²) in [6.45, 7) is 2.29. The number of fused-ring (bicyclic) bond motifs is 1. The molecule has 31 heavy (non-hydrogen) atoms. The van der Waals surface area contributed by atoms with Crippen LogP contribution in [0.3, 0.4) is 0 Å². The number of rotatable bonds is 4. The molecule has 2 aromatic carbocycles. The highest BCUT2D eigenvalue weighted by atomic mass is 32.2. The Morgan fingerprint density at radius 2 is 1.81 bits per heavy atom. The Balaban J connectivity index is 1.39. The SMILES string of the molecule is Cc1ccc(-n2nc3c(c2NC(=O)C2CC(=O)N(c4ccc(F)cc4)C2)CSC3)cc1. The van der Waals surface area contributed by atoms with E-state index in [4.69, 9.17) is 5.10 Å². The second kappa shape index (κ2) is 7.85. The van der Waals surface area contributed by atoms with Crippen molar-refractivity contribution in [2.75, 3.05) is 16.8 Å². The number of hydrogen-bond acceptors (Lipinski definition) is 4. The van der Waals surface area contributed by atoms with Gasteiger partial charge in [0.25, 0.3) is 0 Å². The van der Waals surface area contributed by atoms with Gasteiger partial charge in [-0.15, -0.1) is 0 Å². The highest BCUT2D eigenvalue weighted by molar-refractivity contribution is 7.98. The minimum atomic E-state index is -0.483. The van der Waals surface area contributed by atoms with Gasteiger partial charge < -0.3 is 10.2 Å². The molecule has 5 rings (SSSR count). The number of hydrogen-bond donors (Lipinski definition) is 1. The molecular formula is C23H21FN4O2S. The van der Waals surface area contributed by atoms with Gasteiger partial charge in [0.15, 0.2) is 0 Å². The smallest absolute Gasteiger partial charge is 0.230 e. The lowest BCUT2D eigenvalue weighted by Gasteiger charge is -2.17. The number of benzene rings is 2. The Kier molecular flexibility index (Phi) is 5.02. The van der Waals surface area contributed by atoms with Crippen molar-refractivity contribution in [2.45, 2.75) is 24.9 Å². The van der Waals surface area contributed by atoms with Crippen LogP contribution in [0.5, 0.6) is 0 Å². The first-order valence-corrected chi connectivity index (χ1v) is 11.3. The first-order chi connectivity index (χ1) is 15.0. The monoisotopic (exact) mass is 436 g/mol. The fourth-order valence-corrected chi connectivity index (χ4v) is 5.02. The molecule has 1 aromatic heterocycles. The molecule has 1 atom stereocenters. The molecule has 1 unspecified atom stereocenters. The Morgan fingerprint density at radius 1 is 1.10 bits per heavy atom. The van der Waals surface area contributed by atoms with E-state index in [1.165, 1.54) is 12.1 Å². The zero-order chi connectivity index (χ0) is 21.5. The van der Waals surface area contributed by atoms with Crippen LogP contribution in [0.4, 0.5) is 15.9 Å². The fourth-order valence-electron chi connectivity index (χ4n) is 3.99. The van der Waals surface area contributed by atoms with E-state index in [0.29, 0.717) is 11.5 Å². The van der Waals surface area contributed by atoms with E-state index < -0.39 is 5.92 Å². The van der Waals surface area contributed by atoms with Gasteiger partial charge in [0.2, 0.25) is 11.8 Å². The van der Waals surface area contributed by atoms with Gasteiger partial charge >= 0.3 is 0 Å². The normalized spacial score (nSPS) is 17.8. The topological polar surface area (TPSA) is 67.2 Å². The largest absolute Gasteiger partial charge is 0.312 e. The molecule has 2 aliphatic rings. The van der Waals surface area contributed by atoms with Crippen LogP contribution >= 0.6 is 11.8 Å². The lowest BCUT2D eigenvalue weighted by atomic mass is 10.1. The Bertz CT molecular complexity index is 1160. The van der Waals surface area contributed by atoms with Crippen molar-refractivity contribution in [3.63, 3.8) is 0 Å². The lowest BCUT2D eigenvalue weighted by Crippen LogP contribution is -2.28. The Morgan fingerprint density at radius 3 is 2.55 bits per heavy atom. The number of thioether (sulfide) groups is 1. The van der Waals surface area contributed by atoms with Gasteiger partial charge in [0, 0.05) is 35.7 Å². The zero-order valence-electron chi connectivity index (χ0n) is 17.0.